The number of primary amides is 5. The van der Waals surface area contributed by atoms with Crippen LogP contribution in [0, 0.1) is 0 Å². The molecule has 5 amide bonds. The molecular weight excluding hydrogens is 170 g/mol. The van der Waals surface area contributed by atoms with Crippen LogP contribution >= 0.6 is 0 Å². The van der Waals surface area contributed by atoms with Crippen LogP contribution in [0.1, 0.15) is 0 Å². The largest absolute Gasteiger partial charge is 0.465 e. The zero-order chi connectivity index (χ0) is 10.7. The molecule has 0 saturated heterocycles. The van der Waals surface area contributed by atoms with Crippen molar-refractivity contribution < 1.29 is 19.5 Å². The van der Waals surface area contributed by atoms with Gasteiger partial charge in [0.25, 0.3) is 0 Å². The predicted molar refractivity (Wildman–Crippen MR) is 39.8 cm³/mol. The van der Waals surface area contributed by atoms with Crippen LogP contribution in [0.2, 0.25) is 0 Å². The second-order valence-corrected chi connectivity index (χ2v) is 1.14. The first-order valence-corrected chi connectivity index (χ1v) is 2.28. The maximum absolute atomic E-state index is 9.00. The third-order valence-electron chi connectivity index (χ3n) is 0. The molecule has 9 heteroatoms. The summed E-state index contributed by atoms with van der Waals surface area (Å²) >= 11 is 0. The lowest BCUT2D eigenvalue weighted by Crippen LogP contribution is -2.18. The minimum atomic E-state index is -1.33. The molecule has 0 aliphatic heterocycles. The van der Waals surface area contributed by atoms with Gasteiger partial charge in [-0.15, -0.1) is 0 Å². The number of hydrogen-bond donors (Lipinski definition) is 6. The van der Waals surface area contributed by atoms with Crippen molar-refractivity contribution in [2.75, 3.05) is 0 Å². The van der Waals surface area contributed by atoms with Crippen molar-refractivity contribution in [1.82, 2.24) is 0 Å². The number of carbonyl (C=O) groups excluding carboxylic acids is 2. The summed E-state index contributed by atoms with van der Waals surface area (Å²) in [5, 5.41) is 7.19. The molecule has 12 heavy (non-hydrogen) atoms. The van der Waals surface area contributed by atoms with E-state index in [4.69, 9.17) is 19.5 Å². The average Bonchev–Trinajstić information content (AvgIpc) is 1.54. The Kier molecular flexibility index (Phi) is 15.9. The third kappa shape index (κ3) is 75.5. The molecule has 0 aromatic carbocycles. The Morgan fingerprint density at radius 1 is 0.750 bits per heavy atom. The molecule has 11 N–H and O–H groups in total. The number of carboxylic acid groups (broad SMARTS) is 1. The van der Waals surface area contributed by atoms with Gasteiger partial charge in [0.15, 0.2) is 0 Å². The fraction of sp³-hybridized carbons (Fsp3) is 0. The van der Waals surface area contributed by atoms with Crippen LogP contribution in [0.3, 0.4) is 0 Å². The van der Waals surface area contributed by atoms with E-state index in [1.165, 1.54) is 0 Å². The van der Waals surface area contributed by atoms with Gasteiger partial charge in [-0.05, 0) is 0 Å². The molecule has 0 bridgehead atoms. The highest BCUT2D eigenvalue weighted by molar-refractivity contribution is 5.69. The van der Waals surface area contributed by atoms with Gasteiger partial charge in [-0.25, -0.2) is 14.4 Å². The highest BCUT2D eigenvalue weighted by Crippen LogP contribution is 1.34. The van der Waals surface area contributed by atoms with Crippen molar-refractivity contribution in [1.29, 1.82) is 0 Å². The molecule has 0 aliphatic rings. The molecule has 0 spiro atoms. The maximum Gasteiger partial charge on any atom is 0.402 e. The molecule has 0 radical (unpaired) electrons. The smallest absolute Gasteiger partial charge is 0.402 e. The molecule has 9 nitrogen and oxygen atoms in total. The molecule has 0 rings (SSSR count). The van der Waals surface area contributed by atoms with E-state index in [0.717, 1.165) is 0 Å². The van der Waals surface area contributed by atoms with Gasteiger partial charge in [-0.1, -0.05) is 0 Å². The molecular formula is C3H11N5O4. The van der Waals surface area contributed by atoms with Gasteiger partial charge in [-0.2, -0.15) is 0 Å². The normalized spacial score (nSPS) is 6.00. The maximum atomic E-state index is 9.00. The van der Waals surface area contributed by atoms with Gasteiger partial charge in [0.05, 0.1) is 0 Å². The van der Waals surface area contributed by atoms with Crippen molar-refractivity contribution in [2.45, 2.75) is 0 Å². The molecule has 0 aromatic rings. The minimum absolute atomic E-state index is 0.833. The predicted octanol–water partition coefficient (Wildman–Crippen LogP) is -2.33. The number of amides is 5. The van der Waals surface area contributed by atoms with E-state index in [0.29, 0.717) is 0 Å². The van der Waals surface area contributed by atoms with E-state index in [1.54, 1.807) is 0 Å². The summed E-state index contributed by atoms with van der Waals surface area (Å²) in [7, 11) is 0. The van der Waals surface area contributed by atoms with Gasteiger partial charge in [0, 0.05) is 0 Å². The van der Waals surface area contributed by atoms with E-state index < -0.39 is 18.2 Å². The molecule has 72 valence electrons. The van der Waals surface area contributed by atoms with Crippen molar-refractivity contribution in [2.24, 2.45) is 28.7 Å². The molecule has 0 atom stereocenters. The zero-order valence-electron chi connectivity index (χ0n) is 6.06. The fourth-order valence-corrected chi connectivity index (χ4v) is 0. The quantitative estimate of drug-likeness (QED) is 0.243. The minimum Gasteiger partial charge on any atom is -0.465 e. The lowest BCUT2D eigenvalue weighted by Gasteiger charge is -1.62. The molecule has 0 aliphatic carbocycles. The van der Waals surface area contributed by atoms with Crippen molar-refractivity contribution in [3.8, 4) is 0 Å². The summed E-state index contributed by atoms with van der Waals surface area (Å²) in [6, 6.07) is -1.67. The summed E-state index contributed by atoms with van der Waals surface area (Å²) in [4.78, 5) is 26.8. The Morgan fingerprint density at radius 3 is 0.750 bits per heavy atom. The average molecular weight is 181 g/mol. The van der Waals surface area contributed by atoms with Gasteiger partial charge < -0.3 is 33.8 Å². The number of carbonyl (C=O) groups is 3. The summed E-state index contributed by atoms with van der Waals surface area (Å²) in [6.45, 7) is 0. The summed E-state index contributed by atoms with van der Waals surface area (Å²) in [6.07, 6.45) is -1.33. The highest BCUT2D eigenvalue weighted by Gasteiger charge is 1.65. The van der Waals surface area contributed by atoms with Crippen LogP contribution in [-0.2, 0) is 0 Å². The van der Waals surface area contributed by atoms with Crippen LogP contribution in [-0.4, -0.2) is 23.3 Å². The molecule has 0 unspecified atom stereocenters. The van der Waals surface area contributed by atoms with E-state index in [-0.39, 0.29) is 0 Å². The molecule has 0 saturated carbocycles. The third-order valence-corrected chi connectivity index (χ3v) is 0. The summed E-state index contributed by atoms with van der Waals surface area (Å²) < 4.78 is 0. The standard InChI is InChI=1S/2CH4N2O.CH3NO2/c3*2-1(3)4/h2*(H4,2,3,4);2H2,(H,3,4). The second kappa shape index (κ2) is 11.6. The second-order valence-electron chi connectivity index (χ2n) is 1.14. The lowest BCUT2D eigenvalue weighted by atomic mass is 11.2. The SMILES string of the molecule is NC(=O)O.NC(N)=O.NC(N)=O. The number of rotatable bonds is 0. The highest BCUT2D eigenvalue weighted by atomic mass is 16.4. The van der Waals surface area contributed by atoms with E-state index in [2.05, 4.69) is 28.7 Å². The Labute approximate surface area is 67.5 Å². The van der Waals surface area contributed by atoms with Crippen molar-refractivity contribution in [3.63, 3.8) is 0 Å². The number of urea groups is 2. The Bertz CT molecular complexity index is 116. The van der Waals surface area contributed by atoms with Crippen molar-refractivity contribution in [3.05, 3.63) is 0 Å². The molecule has 0 fully saturated rings. The fourth-order valence-electron chi connectivity index (χ4n) is 0. The monoisotopic (exact) mass is 181 g/mol. The first kappa shape index (κ1) is 16.4. The van der Waals surface area contributed by atoms with Crippen LogP contribution in [0.4, 0.5) is 14.4 Å². The van der Waals surface area contributed by atoms with Crippen LogP contribution in [0.15, 0.2) is 0 Å². The summed E-state index contributed by atoms with van der Waals surface area (Å²) in [5.41, 5.74) is 21.0. The first-order valence-electron chi connectivity index (χ1n) is 2.28. The number of nitrogens with two attached hydrogens (primary N) is 5. The van der Waals surface area contributed by atoms with Gasteiger partial charge in [0.2, 0.25) is 0 Å². The van der Waals surface area contributed by atoms with Gasteiger partial charge in [-0.3, -0.25) is 0 Å². The van der Waals surface area contributed by atoms with Crippen LogP contribution in [0.25, 0.3) is 0 Å². The molecule has 0 aromatic heterocycles. The Balaban J connectivity index is -0.000000101. The zero-order valence-corrected chi connectivity index (χ0v) is 6.06. The Hall–Kier alpha value is -2.19. The Morgan fingerprint density at radius 2 is 0.750 bits per heavy atom. The number of hydrogen-bond acceptors (Lipinski definition) is 3. The van der Waals surface area contributed by atoms with E-state index in [9.17, 15) is 0 Å². The van der Waals surface area contributed by atoms with E-state index in [1.807, 2.05) is 0 Å². The lowest BCUT2D eigenvalue weighted by molar-refractivity contribution is 0.205. The van der Waals surface area contributed by atoms with Crippen molar-refractivity contribution >= 4 is 18.2 Å². The van der Waals surface area contributed by atoms with E-state index >= 15 is 0 Å². The van der Waals surface area contributed by atoms with Gasteiger partial charge >= 0.3 is 18.2 Å². The summed E-state index contributed by atoms with van der Waals surface area (Å²) in [5.74, 6) is 0. The van der Waals surface area contributed by atoms with Gasteiger partial charge in [0.1, 0.15) is 0 Å². The van der Waals surface area contributed by atoms with Crippen LogP contribution in [0.5, 0.6) is 0 Å². The van der Waals surface area contributed by atoms with Crippen LogP contribution < -0.4 is 28.7 Å². The first-order chi connectivity index (χ1) is 5.20. The topological polar surface area (TPSA) is 202 Å². The molecule has 0 heterocycles.